The molecule has 0 saturated carbocycles. The highest BCUT2D eigenvalue weighted by molar-refractivity contribution is 6.09. The second-order valence-electron chi connectivity index (χ2n) is 18.1. The molecule has 10 aromatic rings. The summed E-state index contributed by atoms with van der Waals surface area (Å²) in [6, 6.07) is 85.4. The third-order valence-electron chi connectivity index (χ3n) is 14.4. The van der Waals surface area contributed by atoms with Gasteiger partial charge in [0.05, 0.1) is 5.69 Å². The average Bonchev–Trinajstić information content (AvgIpc) is 3.76. The van der Waals surface area contributed by atoms with Crippen molar-refractivity contribution in [1.82, 2.24) is 0 Å². The van der Waals surface area contributed by atoms with Gasteiger partial charge >= 0.3 is 0 Å². The Morgan fingerprint density at radius 2 is 0.859 bits per heavy atom. The van der Waals surface area contributed by atoms with Gasteiger partial charge < -0.3 is 4.90 Å². The molecule has 1 heteroatoms. The van der Waals surface area contributed by atoms with Crippen molar-refractivity contribution in [3.05, 3.63) is 258 Å². The third-order valence-corrected chi connectivity index (χ3v) is 14.4. The summed E-state index contributed by atoms with van der Waals surface area (Å²) in [6.45, 7) is 7.13. The molecule has 0 bridgehead atoms. The number of nitrogens with zero attached hydrogens (tertiary/aromatic N) is 1. The van der Waals surface area contributed by atoms with Crippen molar-refractivity contribution in [2.45, 2.75) is 31.6 Å². The van der Waals surface area contributed by atoms with Gasteiger partial charge in [-0.2, -0.15) is 0 Å². The SMILES string of the molecule is CC1(C)c2ccccc2-c2ccc(N(c3ccc(-c4cccc5c4-c4ccccc4C5(C)c4ccccc4)cc3)c3ccccc3-c3cccc4cccc(-c5ccccc5)c34)cc21. The first-order valence-corrected chi connectivity index (χ1v) is 22.5. The van der Waals surface area contributed by atoms with E-state index in [1.807, 2.05) is 0 Å². The molecule has 0 aliphatic heterocycles. The van der Waals surface area contributed by atoms with Crippen LogP contribution in [0, 0.1) is 0 Å². The zero-order valence-corrected chi connectivity index (χ0v) is 36.4. The van der Waals surface area contributed by atoms with Gasteiger partial charge in [-0.1, -0.05) is 214 Å². The van der Waals surface area contributed by atoms with E-state index >= 15 is 0 Å². The fourth-order valence-corrected chi connectivity index (χ4v) is 11.2. The lowest BCUT2D eigenvalue weighted by Gasteiger charge is -2.30. The molecule has 0 heterocycles. The Balaban J connectivity index is 1.05. The highest BCUT2D eigenvalue weighted by atomic mass is 15.1. The van der Waals surface area contributed by atoms with Crippen LogP contribution >= 0.6 is 0 Å². The lowest BCUT2D eigenvalue weighted by molar-refractivity contribution is 0.660. The standard InChI is InChI=1S/C63H47N/c1-62(2)55-31-13-10-25-50(55)51-40-39-47(41-58(51)62)64(59-34-15-12-26-52(59)53-30-17-22-44-21-16-28-48(60(44)53)42-19-6-4-7-20-42)46-37-35-43(36-38-46)49-29-18-33-57-61(49)54-27-11-14-32-56(54)63(57,3)45-23-8-5-9-24-45/h4-41H,1-3H3. The van der Waals surface area contributed by atoms with E-state index in [0.29, 0.717) is 0 Å². The molecule has 10 aromatic carbocycles. The van der Waals surface area contributed by atoms with Crippen LogP contribution in [0.4, 0.5) is 17.1 Å². The lowest BCUT2D eigenvalue weighted by Crippen LogP contribution is -2.22. The molecule has 0 spiro atoms. The molecule has 1 nitrogen and oxygen atoms in total. The van der Waals surface area contributed by atoms with Crippen LogP contribution in [0.3, 0.4) is 0 Å². The summed E-state index contributed by atoms with van der Waals surface area (Å²) < 4.78 is 0. The maximum Gasteiger partial charge on any atom is 0.0540 e. The minimum absolute atomic E-state index is 0.143. The maximum atomic E-state index is 2.49. The summed E-state index contributed by atoms with van der Waals surface area (Å²) in [4.78, 5) is 2.49. The zero-order chi connectivity index (χ0) is 43.0. The number of rotatable bonds is 7. The van der Waals surface area contributed by atoms with Crippen molar-refractivity contribution in [2.24, 2.45) is 0 Å². The molecule has 0 aromatic heterocycles. The number of hydrogen-bond donors (Lipinski definition) is 0. The van der Waals surface area contributed by atoms with E-state index < -0.39 is 0 Å². The van der Waals surface area contributed by atoms with Gasteiger partial charge in [-0.3, -0.25) is 0 Å². The molecule has 64 heavy (non-hydrogen) atoms. The summed E-state index contributed by atoms with van der Waals surface area (Å²) >= 11 is 0. The quantitative estimate of drug-likeness (QED) is 0.155. The molecule has 0 N–H and O–H groups in total. The van der Waals surface area contributed by atoms with Gasteiger partial charge in [0.25, 0.3) is 0 Å². The molecule has 12 rings (SSSR count). The molecule has 2 aliphatic rings. The van der Waals surface area contributed by atoms with E-state index in [1.54, 1.807) is 0 Å². The molecule has 2 aliphatic carbocycles. The fourth-order valence-electron chi connectivity index (χ4n) is 11.2. The van der Waals surface area contributed by atoms with Gasteiger partial charge in [0.2, 0.25) is 0 Å². The average molecular weight is 818 g/mol. The van der Waals surface area contributed by atoms with E-state index in [4.69, 9.17) is 0 Å². The summed E-state index contributed by atoms with van der Waals surface area (Å²) in [6.07, 6.45) is 0. The Hall–Kier alpha value is -7.74. The maximum absolute atomic E-state index is 2.49. The Kier molecular flexibility index (Phi) is 8.71. The first-order chi connectivity index (χ1) is 31.4. The Morgan fingerprint density at radius 1 is 0.328 bits per heavy atom. The number of para-hydroxylation sites is 1. The lowest BCUT2D eigenvalue weighted by atomic mass is 9.74. The molecule has 0 radical (unpaired) electrons. The number of hydrogen-bond acceptors (Lipinski definition) is 1. The van der Waals surface area contributed by atoms with Gasteiger partial charge in [-0.15, -0.1) is 0 Å². The predicted octanol–water partition coefficient (Wildman–Crippen LogP) is 17.0. The molecule has 1 atom stereocenters. The number of benzene rings is 10. The molecular formula is C63H47N. The molecule has 0 saturated heterocycles. The van der Waals surface area contributed by atoms with Crippen molar-refractivity contribution in [1.29, 1.82) is 0 Å². The van der Waals surface area contributed by atoms with Gasteiger partial charge in [-0.05, 0) is 126 Å². The third kappa shape index (κ3) is 5.70. The van der Waals surface area contributed by atoms with Gasteiger partial charge in [0.1, 0.15) is 0 Å². The van der Waals surface area contributed by atoms with Crippen LogP contribution in [-0.2, 0) is 10.8 Å². The minimum Gasteiger partial charge on any atom is -0.310 e. The molecular weight excluding hydrogens is 771 g/mol. The number of anilines is 3. The van der Waals surface area contributed by atoms with Crippen LogP contribution in [0.15, 0.2) is 231 Å². The summed E-state index contributed by atoms with van der Waals surface area (Å²) in [7, 11) is 0. The first kappa shape index (κ1) is 38.0. The van der Waals surface area contributed by atoms with Gasteiger partial charge in [0.15, 0.2) is 0 Å². The van der Waals surface area contributed by atoms with Crippen LogP contribution in [0.1, 0.15) is 48.6 Å². The molecule has 0 fully saturated rings. The summed E-state index contributed by atoms with van der Waals surface area (Å²) in [5.74, 6) is 0. The highest BCUT2D eigenvalue weighted by Gasteiger charge is 2.42. The topological polar surface area (TPSA) is 3.24 Å². The normalized spacial score (nSPS) is 15.3. The van der Waals surface area contributed by atoms with Crippen molar-refractivity contribution in [3.8, 4) is 55.6 Å². The largest absolute Gasteiger partial charge is 0.310 e. The van der Waals surface area contributed by atoms with Crippen LogP contribution in [-0.4, -0.2) is 0 Å². The Labute approximate surface area is 376 Å². The monoisotopic (exact) mass is 817 g/mol. The van der Waals surface area contributed by atoms with Crippen molar-refractivity contribution in [2.75, 3.05) is 4.90 Å². The van der Waals surface area contributed by atoms with Crippen LogP contribution in [0.5, 0.6) is 0 Å². The highest BCUT2D eigenvalue weighted by Crippen LogP contribution is 2.56. The second kappa shape index (κ2) is 14.7. The molecule has 1 unspecified atom stereocenters. The fraction of sp³-hybridized carbons (Fsp3) is 0.0794. The molecule has 0 amide bonds. The summed E-state index contributed by atoms with van der Waals surface area (Å²) in [5.41, 5.74) is 22.3. The Bertz CT molecular complexity index is 3410. The second-order valence-corrected chi connectivity index (χ2v) is 18.1. The van der Waals surface area contributed by atoms with Crippen molar-refractivity contribution in [3.63, 3.8) is 0 Å². The van der Waals surface area contributed by atoms with Gasteiger partial charge in [0, 0.05) is 27.8 Å². The summed E-state index contributed by atoms with van der Waals surface area (Å²) in [5, 5.41) is 2.48. The van der Waals surface area contributed by atoms with E-state index in [-0.39, 0.29) is 10.8 Å². The van der Waals surface area contributed by atoms with Crippen LogP contribution in [0.25, 0.3) is 66.4 Å². The Morgan fingerprint density at radius 3 is 1.62 bits per heavy atom. The predicted molar refractivity (Wildman–Crippen MR) is 270 cm³/mol. The van der Waals surface area contributed by atoms with E-state index in [1.165, 1.54) is 94.2 Å². The van der Waals surface area contributed by atoms with E-state index in [2.05, 4.69) is 256 Å². The van der Waals surface area contributed by atoms with Crippen molar-refractivity contribution < 1.29 is 0 Å². The minimum atomic E-state index is -0.257. The zero-order valence-electron chi connectivity index (χ0n) is 36.4. The number of fused-ring (bicyclic) bond motifs is 7. The van der Waals surface area contributed by atoms with E-state index in [9.17, 15) is 0 Å². The molecule has 304 valence electrons. The first-order valence-electron chi connectivity index (χ1n) is 22.5. The smallest absolute Gasteiger partial charge is 0.0540 e. The van der Waals surface area contributed by atoms with Crippen LogP contribution in [0.2, 0.25) is 0 Å². The van der Waals surface area contributed by atoms with E-state index in [0.717, 1.165) is 17.1 Å². The van der Waals surface area contributed by atoms with Crippen LogP contribution < -0.4 is 4.90 Å². The van der Waals surface area contributed by atoms with Crippen molar-refractivity contribution >= 4 is 27.8 Å². The van der Waals surface area contributed by atoms with Gasteiger partial charge in [-0.25, -0.2) is 0 Å².